The first kappa shape index (κ1) is 33.1. The van der Waals surface area contributed by atoms with E-state index in [0.29, 0.717) is 40.2 Å². The summed E-state index contributed by atoms with van der Waals surface area (Å²) in [4.78, 5) is 25.2. The van der Waals surface area contributed by atoms with Crippen LogP contribution in [0.3, 0.4) is 0 Å². The van der Waals surface area contributed by atoms with Gasteiger partial charge in [-0.1, -0.05) is 53.0 Å². The molecule has 2 heterocycles. The number of carbonyl (C=O) groups is 1. The summed E-state index contributed by atoms with van der Waals surface area (Å²) in [7, 11) is 0. The van der Waals surface area contributed by atoms with Gasteiger partial charge in [0.2, 0.25) is 11.9 Å². The molecule has 0 unspecified atom stereocenters. The fourth-order valence-corrected chi connectivity index (χ4v) is 4.47. The van der Waals surface area contributed by atoms with Gasteiger partial charge < -0.3 is 16.0 Å². The minimum atomic E-state index is -0.867. The van der Waals surface area contributed by atoms with Crippen LogP contribution in [0.25, 0.3) is 17.3 Å². The SMILES string of the molecule is C=C/C(F)=C(\C(F)=C/C)N1C(=C)C=Cc2c(-c3cccc(C(N)=O)c3C)nc(NCCCN(CC)CC)nc21.CC. The van der Waals surface area contributed by atoms with Crippen molar-refractivity contribution in [3.63, 3.8) is 0 Å². The van der Waals surface area contributed by atoms with E-state index in [4.69, 9.17) is 10.7 Å². The lowest BCUT2D eigenvalue weighted by atomic mass is 9.95. The van der Waals surface area contributed by atoms with Crippen molar-refractivity contribution >= 4 is 23.7 Å². The van der Waals surface area contributed by atoms with Crippen molar-refractivity contribution < 1.29 is 13.6 Å². The molecule has 1 aromatic heterocycles. The highest BCUT2D eigenvalue weighted by Crippen LogP contribution is 2.41. The number of fused-ring (bicyclic) bond motifs is 1. The first-order chi connectivity index (χ1) is 19.7. The van der Waals surface area contributed by atoms with E-state index in [9.17, 15) is 4.79 Å². The summed E-state index contributed by atoms with van der Waals surface area (Å²) in [5, 5.41) is 3.27. The van der Waals surface area contributed by atoms with E-state index < -0.39 is 17.6 Å². The maximum atomic E-state index is 15.1. The third-order valence-electron chi connectivity index (χ3n) is 6.66. The summed E-state index contributed by atoms with van der Waals surface area (Å²) in [5.74, 6) is -1.71. The Labute approximate surface area is 242 Å². The Morgan fingerprint density at radius 2 is 1.85 bits per heavy atom. The summed E-state index contributed by atoms with van der Waals surface area (Å²) in [6.45, 7) is 22.4. The normalized spacial score (nSPS) is 13.3. The van der Waals surface area contributed by atoms with Crippen LogP contribution < -0.4 is 16.0 Å². The molecule has 220 valence electrons. The van der Waals surface area contributed by atoms with Crippen molar-refractivity contribution in [3.8, 4) is 11.3 Å². The zero-order valence-electron chi connectivity index (χ0n) is 25.0. The zero-order chi connectivity index (χ0) is 30.7. The van der Waals surface area contributed by atoms with Gasteiger partial charge in [0.15, 0.2) is 5.82 Å². The second kappa shape index (κ2) is 15.6. The number of nitrogens with zero attached hydrogens (tertiary/aromatic N) is 4. The Hall–Kier alpha value is -4.11. The van der Waals surface area contributed by atoms with Crippen LogP contribution in [0.4, 0.5) is 20.5 Å². The van der Waals surface area contributed by atoms with Crippen LogP contribution in [0.2, 0.25) is 0 Å². The predicted molar refractivity (Wildman–Crippen MR) is 167 cm³/mol. The number of benzene rings is 1. The van der Waals surface area contributed by atoms with Gasteiger partial charge >= 0.3 is 0 Å². The molecule has 1 aliphatic heterocycles. The number of aromatic nitrogens is 2. The second-order valence-electron chi connectivity index (χ2n) is 8.98. The number of carbonyl (C=O) groups excluding carboxylic acids is 1. The summed E-state index contributed by atoms with van der Waals surface area (Å²) >= 11 is 0. The molecule has 0 bridgehead atoms. The van der Waals surface area contributed by atoms with Crippen LogP contribution in [-0.2, 0) is 0 Å². The molecule has 3 rings (SSSR count). The maximum Gasteiger partial charge on any atom is 0.248 e. The Bertz CT molecular complexity index is 1360. The monoisotopic (exact) mass is 564 g/mol. The molecule has 0 atom stereocenters. The number of primary amides is 1. The van der Waals surface area contributed by atoms with E-state index in [-0.39, 0.29) is 17.5 Å². The average molecular weight is 565 g/mol. The Morgan fingerprint density at radius 3 is 2.44 bits per heavy atom. The molecule has 41 heavy (non-hydrogen) atoms. The van der Waals surface area contributed by atoms with Gasteiger partial charge in [-0.25, -0.2) is 13.8 Å². The molecule has 9 heteroatoms. The fraction of sp³-hybridized carbons (Fsp3) is 0.344. The van der Waals surface area contributed by atoms with Gasteiger partial charge in [-0.2, -0.15) is 4.98 Å². The van der Waals surface area contributed by atoms with Crippen LogP contribution in [0.1, 0.15) is 62.5 Å². The predicted octanol–water partition coefficient (Wildman–Crippen LogP) is 7.31. The van der Waals surface area contributed by atoms with Gasteiger partial charge in [0.05, 0.1) is 5.69 Å². The van der Waals surface area contributed by atoms with Crippen LogP contribution in [0.15, 0.2) is 72.6 Å². The van der Waals surface area contributed by atoms with E-state index >= 15 is 8.78 Å². The van der Waals surface area contributed by atoms with Gasteiger partial charge in [0, 0.05) is 28.9 Å². The lowest BCUT2D eigenvalue weighted by Gasteiger charge is -2.31. The fourth-order valence-electron chi connectivity index (χ4n) is 4.47. The van der Waals surface area contributed by atoms with E-state index in [1.165, 1.54) is 17.9 Å². The number of nitrogens with one attached hydrogen (secondary N) is 1. The molecular weight excluding hydrogens is 522 g/mol. The van der Waals surface area contributed by atoms with Crippen molar-refractivity contribution in [2.75, 3.05) is 36.4 Å². The van der Waals surface area contributed by atoms with E-state index in [1.54, 1.807) is 31.2 Å². The second-order valence-corrected chi connectivity index (χ2v) is 8.98. The van der Waals surface area contributed by atoms with Gasteiger partial charge in [0.25, 0.3) is 0 Å². The van der Waals surface area contributed by atoms with Gasteiger partial charge in [-0.15, -0.1) is 0 Å². The third-order valence-corrected chi connectivity index (χ3v) is 6.66. The van der Waals surface area contributed by atoms with E-state index in [0.717, 1.165) is 32.1 Å². The Kier molecular flexibility index (Phi) is 12.6. The third kappa shape index (κ3) is 7.55. The number of allylic oxidation sites excluding steroid dienone is 5. The van der Waals surface area contributed by atoms with Gasteiger partial charge in [0.1, 0.15) is 17.4 Å². The highest BCUT2D eigenvalue weighted by molar-refractivity contribution is 5.97. The molecule has 0 fully saturated rings. The van der Waals surface area contributed by atoms with Crippen molar-refractivity contribution in [3.05, 3.63) is 89.3 Å². The van der Waals surface area contributed by atoms with Crippen molar-refractivity contribution in [1.29, 1.82) is 0 Å². The standard InChI is InChI=1S/C30H36F2N6O.C2H6/c1-7-24(31)27(25(32)8-2)38-19(5)15-16-23-26(21-13-11-14-22(20(21)6)28(33)39)35-30(36-29(23)38)34-17-12-18-37(9-3)10-4;1-2/h7-8,11,13-16H,1,5,9-10,12,17-18H2,2-4,6H3,(H2,33,39)(H,34,35,36);1-2H3/b25-8+,27-24-;. The molecule has 0 spiro atoms. The summed E-state index contributed by atoms with van der Waals surface area (Å²) < 4.78 is 30.2. The van der Waals surface area contributed by atoms with Crippen molar-refractivity contribution in [1.82, 2.24) is 14.9 Å². The molecular formula is C32H42F2N6O. The molecule has 0 saturated carbocycles. The number of rotatable bonds is 12. The number of hydrogen-bond donors (Lipinski definition) is 2. The Balaban J connectivity index is 0.00000287. The molecule has 3 N–H and O–H groups in total. The minimum absolute atomic E-state index is 0.242. The van der Waals surface area contributed by atoms with Crippen LogP contribution in [-0.4, -0.2) is 47.0 Å². The average Bonchev–Trinajstić information content (AvgIpc) is 2.98. The molecule has 1 amide bonds. The molecule has 0 radical (unpaired) electrons. The van der Waals surface area contributed by atoms with Gasteiger partial charge in [-0.3, -0.25) is 9.69 Å². The number of hydrogen-bond acceptors (Lipinski definition) is 6. The largest absolute Gasteiger partial charge is 0.366 e. The van der Waals surface area contributed by atoms with Crippen LogP contribution in [0.5, 0.6) is 0 Å². The van der Waals surface area contributed by atoms with Crippen molar-refractivity contribution in [2.45, 2.75) is 48.0 Å². The zero-order valence-corrected chi connectivity index (χ0v) is 25.0. The van der Waals surface area contributed by atoms with Crippen molar-refractivity contribution in [2.24, 2.45) is 5.73 Å². The van der Waals surface area contributed by atoms with E-state index in [2.05, 4.69) is 42.2 Å². The van der Waals surface area contributed by atoms with Crippen LogP contribution >= 0.6 is 0 Å². The first-order valence-electron chi connectivity index (χ1n) is 14.0. The first-order valence-corrected chi connectivity index (χ1v) is 14.0. The number of halogens is 2. The highest BCUT2D eigenvalue weighted by Gasteiger charge is 2.30. The number of anilines is 2. The molecule has 0 aliphatic carbocycles. The molecule has 7 nitrogen and oxygen atoms in total. The molecule has 1 aliphatic rings. The summed E-state index contributed by atoms with van der Waals surface area (Å²) in [5.41, 5.74) is 8.20. The molecule has 2 aromatic rings. The highest BCUT2D eigenvalue weighted by atomic mass is 19.1. The smallest absolute Gasteiger partial charge is 0.248 e. The lowest BCUT2D eigenvalue weighted by Crippen LogP contribution is -2.27. The maximum absolute atomic E-state index is 15.1. The van der Waals surface area contributed by atoms with Gasteiger partial charge in [-0.05, 0) is 75.8 Å². The van der Waals surface area contributed by atoms with E-state index in [1.807, 2.05) is 19.9 Å². The molecule has 0 saturated heterocycles. The minimum Gasteiger partial charge on any atom is -0.366 e. The quantitative estimate of drug-likeness (QED) is 0.208. The summed E-state index contributed by atoms with van der Waals surface area (Å²) in [6, 6.07) is 5.19. The lowest BCUT2D eigenvalue weighted by molar-refractivity contribution is 0.0999. The number of amides is 1. The van der Waals surface area contributed by atoms with Crippen LogP contribution in [0, 0.1) is 6.92 Å². The topological polar surface area (TPSA) is 87.4 Å². The summed E-state index contributed by atoms with van der Waals surface area (Å²) in [6.07, 6.45) is 6.34. The number of nitrogens with two attached hydrogens (primary N) is 1. The molecule has 1 aromatic carbocycles. The Morgan fingerprint density at radius 1 is 1.17 bits per heavy atom.